The van der Waals surface area contributed by atoms with Crippen molar-refractivity contribution < 1.29 is 14.7 Å². The van der Waals surface area contributed by atoms with Crippen LogP contribution in [0.1, 0.15) is 35.8 Å². The van der Waals surface area contributed by atoms with Crippen LogP contribution in [0.5, 0.6) is 0 Å². The van der Waals surface area contributed by atoms with E-state index in [1.165, 1.54) is 6.20 Å². The molecular formula is C16H18BrN3O3. The maximum Gasteiger partial charge on any atom is 0.326 e. The summed E-state index contributed by atoms with van der Waals surface area (Å²) in [6.45, 7) is 3.65. The van der Waals surface area contributed by atoms with Crippen LogP contribution in [0.15, 0.2) is 34.9 Å². The van der Waals surface area contributed by atoms with Crippen LogP contribution >= 0.6 is 15.9 Å². The number of carboxylic acids is 1. The second kappa shape index (κ2) is 7.41. The van der Waals surface area contributed by atoms with E-state index in [-0.39, 0.29) is 0 Å². The van der Waals surface area contributed by atoms with Crippen LogP contribution < -0.4 is 5.32 Å². The summed E-state index contributed by atoms with van der Waals surface area (Å²) >= 11 is 3.40. The molecule has 23 heavy (non-hydrogen) atoms. The molecule has 0 aliphatic heterocycles. The molecule has 1 aromatic carbocycles. The Kier molecular flexibility index (Phi) is 5.54. The Morgan fingerprint density at radius 1 is 1.43 bits per heavy atom. The van der Waals surface area contributed by atoms with Crippen LogP contribution in [0.25, 0.3) is 5.69 Å². The molecule has 122 valence electrons. The number of hydrogen-bond donors (Lipinski definition) is 2. The molecule has 0 saturated carbocycles. The second-order valence-corrected chi connectivity index (χ2v) is 6.10. The quantitative estimate of drug-likeness (QED) is 0.807. The van der Waals surface area contributed by atoms with Crippen LogP contribution in [0.2, 0.25) is 0 Å². The lowest BCUT2D eigenvalue weighted by atomic mass is 10.1. The Hall–Kier alpha value is -2.15. The number of carboxylic acid groups (broad SMARTS) is 1. The highest BCUT2D eigenvalue weighted by Crippen LogP contribution is 2.18. The first-order valence-corrected chi connectivity index (χ1v) is 8.07. The molecule has 0 fully saturated rings. The van der Waals surface area contributed by atoms with E-state index < -0.39 is 17.9 Å². The first-order chi connectivity index (χ1) is 10.9. The summed E-state index contributed by atoms with van der Waals surface area (Å²) in [5.41, 5.74) is 1.84. The van der Waals surface area contributed by atoms with E-state index in [9.17, 15) is 9.59 Å². The molecule has 1 aromatic heterocycles. The molecule has 0 bridgehead atoms. The Morgan fingerprint density at radius 3 is 2.78 bits per heavy atom. The van der Waals surface area contributed by atoms with Crippen LogP contribution in [-0.4, -0.2) is 32.8 Å². The lowest BCUT2D eigenvalue weighted by Gasteiger charge is -2.13. The van der Waals surface area contributed by atoms with Crippen LogP contribution in [-0.2, 0) is 4.79 Å². The molecule has 0 aliphatic carbocycles. The number of carbonyl (C=O) groups is 2. The van der Waals surface area contributed by atoms with Crippen molar-refractivity contribution in [2.45, 2.75) is 32.7 Å². The SMILES string of the molecule is CCCC(NC(=O)c1cnn(-c2cccc(Br)c2)c1C)C(=O)O. The monoisotopic (exact) mass is 379 g/mol. The number of aromatic nitrogens is 2. The van der Waals surface area contributed by atoms with Crippen molar-refractivity contribution in [1.82, 2.24) is 15.1 Å². The van der Waals surface area contributed by atoms with E-state index in [4.69, 9.17) is 5.11 Å². The summed E-state index contributed by atoms with van der Waals surface area (Å²) < 4.78 is 2.56. The van der Waals surface area contributed by atoms with Gasteiger partial charge in [0.05, 0.1) is 23.1 Å². The number of benzene rings is 1. The molecule has 1 unspecified atom stereocenters. The largest absolute Gasteiger partial charge is 0.480 e. The molecule has 1 heterocycles. The molecule has 7 heteroatoms. The van der Waals surface area contributed by atoms with E-state index in [1.807, 2.05) is 31.2 Å². The summed E-state index contributed by atoms with van der Waals surface area (Å²) in [6, 6.07) is 6.66. The fourth-order valence-corrected chi connectivity index (χ4v) is 2.67. The molecule has 0 spiro atoms. The van der Waals surface area contributed by atoms with Crippen molar-refractivity contribution >= 4 is 27.8 Å². The smallest absolute Gasteiger partial charge is 0.326 e. The topological polar surface area (TPSA) is 84.2 Å². The van der Waals surface area contributed by atoms with E-state index in [1.54, 1.807) is 11.6 Å². The van der Waals surface area contributed by atoms with E-state index in [0.29, 0.717) is 24.1 Å². The molecule has 2 aromatic rings. The van der Waals surface area contributed by atoms with Crippen molar-refractivity contribution in [1.29, 1.82) is 0 Å². The number of nitrogens with one attached hydrogen (secondary N) is 1. The highest BCUT2D eigenvalue weighted by Gasteiger charge is 2.22. The van der Waals surface area contributed by atoms with Gasteiger partial charge in [-0.05, 0) is 31.5 Å². The summed E-state index contributed by atoms with van der Waals surface area (Å²) in [4.78, 5) is 23.5. The van der Waals surface area contributed by atoms with Gasteiger partial charge in [-0.25, -0.2) is 9.48 Å². The highest BCUT2D eigenvalue weighted by molar-refractivity contribution is 9.10. The highest BCUT2D eigenvalue weighted by atomic mass is 79.9. The molecule has 2 rings (SSSR count). The van der Waals surface area contributed by atoms with Gasteiger partial charge in [0.1, 0.15) is 6.04 Å². The normalized spacial score (nSPS) is 12.0. The van der Waals surface area contributed by atoms with Crippen molar-refractivity contribution in [3.05, 3.63) is 46.2 Å². The predicted octanol–water partition coefficient (Wildman–Crippen LogP) is 2.93. The first-order valence-electron chi connectivity index (χ1n) is 7.28. The number of aliphatic carboxylic acids is 1. The minimum absolute atomic E-state index is 0.368. The van der Waals surface area contributed by atoms with Gasteiger partial charge < -0.3 is 10.4 Å². The van der Waals surface area contributed by atoms with Gasteiger partial charge >= 0.3 is 5.97 Å². The first kappa shape index (κ1) is 17.2. The fraction of sp³-hybridized carbons (Fsp3) is 0.312. The summed E-state index contributed by atoms with van der Waals surface area (Å²) in [6.07, 6.45) is 2.52. The lowest BCUT2D eigenvalue weighted by molar-refractivity contribution is -0.139. The van der Waals surface area contributed by atoms with Gasteiger partial charge in [-0.15, -0.1) is 0 Å². The number of amides is 1. The molecule has 0 saturated heterocycles. The van der Waals surface area contributed by atoms with Gasteiger partial charge in [-0.2, -0.15) is 5.10 Å². The predicted molar refractivity (Wildman–Crippen MR) is 89.8 cm³/mol. The summed E-state index contributed by atoms with van der Waals surface area (Å²) in [5.74, 6) is -1.46. The van der Waals surface area contributed by atoms with E-state index in [2.05, 4.69) is 26.3 Å². The minimum Gasteiger partial charge on any atom is -0.480 e. The number of carbonyl (C=O) groups excluding carboxylic acids is 1. The molecule has 6 nitrogen and oxygen atoms in total. The Morgan fingerprint density at radius 2 is 2.17 bits per heavy atom. The van der Waals surface area contributed by atoms with Crippen molar-refractivity contribution in [3.8, 4) is 5.69 Å². The van der Waals surface area contributed by atoms with Crippen molar-refractivity contribution in [2.75, 3.05) is 0 Å². The van der Waals surface area contributed by atoms with E-state index in [0.717, 1.165) is 10.2 Å². The van der Waals surface area contributed by atoms with Gasteiger partial charge in [0, 0.05) is 4.47 Å². The van der Waals surface area contributed by atoms with E-state index >= 15 is 0 Å². The third-order valence-electron chi connectivity index (χ3n) is 3.49. The summed E-state index contributed by atoms with van der Waals surface area (Å²) in [7, 11) is 0. The van der Waals surface area contributed by atoms with Gasteiger partial charge in [0.15, 0.2) is 0 Å². The molecule has 1 amide bonds. The lowest BCUT2D eigenvalue weighted by Crippen LogP contribution is -2.40. The molecule has 1 atom stereocenters. The Bertz CT molecular complexity index is 727. The molecular weight excluding hydrogens is 362 g/mol. The maximum atomic E-state index is 12.3. The zero-order valence-electron chi connectivity index (χ0n) is 12.9. The van der Waals surface area contributed by atoms with Crippen LogP contribution in [0.4, 0.5) is 0 Å². The van der Waals surface area contributed by atoms with Crippen molar-refractivity contribution in [3.63, 3.8) is 0 Å². The zero-order valence-corrected chi connectivity index (χ0v) is 14.5. The standard InChI is InChI=1S/C16H18BrN3O3/c1-3-5-14(16(22)23)19-15(21)13-9-18-20(10(13)2)12-7-4-6-11(17)8-12/h4,6-9,14H,3,5H2,1-2H3,(H,19,21)(H,22,23). The Labute approximate surface area is 142 Å². The van der Waals surface area contributed by atoms with Gasteiger partial charge in [-0.1, -0.05) is 35.3 Å². The Balaban J connectivity index is 2.24. The maximum absolute atomic E-state index is 12.3. The molecule has 2 N–H and O–H groups in total. The molecule has 0 radical (unpaired) electrons. The average Bonchev–Trinajstić information content (AvgIpc) is 2.88. The van der Waals surface area contributed by atoms with Crippen LogP contribution in [0, 0.1) is 6.92 Å². The third kappa shape index (κ3) is 3.98. The second-order valence-electron chi connectivity index (χ2n) is 5.19. The third-order valence-corrected chi connectivity index (χ3v) is 3.98. The van der Waals surface area contributed by atoms with Crippen LogP contribution in [0.3, 0.4) is 0 Å². The number of rotatable bonds is 6. The van der Waals surface area contributed by atoms with Crippen molar-refractivity contribution in [2.24, 2.45) is 0 Å². The van der Waals surface area contributed by atoms with Gasteiger partial charge in [-0.3, -0.25) is 4.79 Å². The number of halogens is 1. The average molecular weight is 380 g/mol. The van der Waals surface area contributed by atoms with Gasteiger partial charge in [0.2, 0.25) is 0 Å². The minimum atomic E-state index is -1.03. The van der Waals surface area contributed by atoms with Gasteiger partial charge in [0.25, 0.3) is 5.91 Å². The zero-order chi connectivity index (χ0) is 17.0. The number of nitrogens with zero attached hydrogens (tertiary/aromatic N) is 2. The fourth-order valence-electron chi connectivity index (χ4n) is 2.28. The number of hydrogen-bond acceptors (Lipinski definition) is 3. The molecule has 0 aliphatic rings. The summed E-state index contributed by atoms with van der Waals surface area (Å²) in [5, 5.41) is 15.9.